The van der Waals surface area contributed by atoms with Gasteiger partial charge in [0.15, 0.2) is 0 Å². The third-order valence-electron chi connectivity index (χ3n) is 7.49. The Morgan fingerprint density at radius 2 is 1.79 bits per heavy atom. The third-order valence-corrected chi connectivity index (χ3v) is 7.49. The molecule has 39 heavy (non-hydrogen) atoms. The Hall–Kier alpha value is -3.42. The average Bonchev–Trinajstić information content (AvgIpc) is 3.77. The number of halogens is 1. The van der Waals surface area contributed by atoms with E-state index < -0.39 is 17.5 Å². The van der Waals surface area contributed by atoms with Crippen LogP contribution in [0.15, 0.2) is 60.7 Å². The molecule has 4 rings (SSSR count). The van der Waals surface area contributed by atoms with Gasteiger partial charge < -0.3 is 24.4 Å². The summed E-state index contributed by atoms with van der Waals surface area (Å²) in [6.07, 6.45) is 1.69. The maximum absolute atomic E-state index is 15.0. The predicted octanol–water partition coefficient (Wildman–Crippen LogP) is 6.75. The van der Waals surface area contributed by atoms with Crippen molar-refractivity contribution in [3.05, 3.63) is 83.2 Å². The number of benzene rings is 3. The Balaban J connectivity index is 1.66. The SMILES string of the molecule is COc1ccc(F)c(-c2ccc(COc3cccc(C(CC(=O)O)C4CC4)c3)cc2[C@H](OC)C(C)(C)CO)c1. The lowest BCUT2D eigenvalue weighted by Crippen LogP contribution is -2.28. The smallest absolute Gasteiger partial charge is 0.303 e. The highest BCUT2D eigenvalue weighted by molar-refractivity contribution is 5.71. The van der Waals surface area contributed by atoms with Crippen molar-refractivity contribution >= 4 is 5.97 Å². The molecule has 1 aliphatic rings. The lowest BCUT2D eigenvalue weighted by atomic mass is 9.80. The summed E-state index contributed by atoms with van der Waals surface area (Å²) in [7, 11) is 3.12. The van der Waals surface area contributed by atoms with Crippen molar-refractivity contribution in [2.24, 2.45) is 11.3 Å². The van der Waals surface area contributed by atoms with Gasteiger partial charge in [0.25, 0.3) is 0 Å². The molecule has 1 saturated carbocycles. The van der Waals surface area contributed by atoms with Crippen LogP contribution in [-0.4, -0.2) is 37.0 Å². The van der Waals surface area contributed by atoms with Crippen LogP contribution in [0.3, 0.4) is 0 Å². The van der Waals surface area contributed by atoms with Gasteiger partial charge in [0.05, 0.1) is 26.2 Å². The predicted molar refractivity (Wildman–Crippen MR) is 147 cm³/mol. The average molecular weight is 537 g/mol. The van der Waals surface area contributed by atoms with E-state index in [1.807, 2.05) is 56.3 Å². The Kier molecular flexibility index (Phi) is 8.93. The van der Waals surface area contributed by atoms with Crippen molar-refractivity contribution in [2.45, 2.75) is 51.7 Å². The van der Waals surface area contributed by atoms with Gasteiger partial charge in [-0.05, 0) is 83.3 Å². The first-order chi connectivity index (χ1) is 18.7. The molecule has 0 bridgehead atoms. The van der Waals surface area contributed by atoms with Gasteiger partial charge in [0, 0.05) is 18.1 Å². The van der Waals surface area contributed by atoms with Crippen LogP contribution in [0.5, 0.6) is 11.5 Å². The van der Waals surface area contributed by atoms with Gasteiger partial charge in [-0.1, -0.05) is 38.1 Å². The number of carbonyl (C=O) groups is 1. The fraction of sp³-hybridized carbons (Fsp3) is 0.406. The van der Waals surface area contributed by atoms with Gasteiger partial charge in [0.1, 0.15) is 23.9 Å². The summed E-state index contributed by atoms with van der Waals surface area (Å²) in [6, 6.07) is 17.9. The van der Waals surface area contributed by atoms with E-state index in [9.17, 15) is 15.0 Å². The first-order valence-electron chi connectivity index (χ1n) is 13.2. The van der Waals surface area contributed by atoms with E-state index in [2.05, 4.69) is 0 Å². The van der Waals surface area contributed by atoms with Crippen LogP contribution >= 0.6 is 0 Å². The molecule has 3 aromatic carbocycles. The van der Waals surface area contributed by atoms with Crippen LogP contribution in [0.2, 0.25) is 0 Å². The van der Waals surface area contributed by atoms with E-state index in [1.165, 1.54) is 13.2 Å². The van der Waals surface area contributed by atoms with E-state index in [0.29, 0.717) is 28.5 Å². The second-order valence-electron chi connectivity index (χ2n) is 10.9. The molecule has 0 radical (unpaired) electrons. The number of rotatable bonds is 13. The van der Waals surface area contributed by atoms with Gasteiger partial charge in [-0.15, -0.1) is 0 Å². The third kappa shape index (κ3) is 6.78. The maximum Gasteiger partial charge on any atom is 0.303 e. The minimum Gasteiger partial charge on any atom is -0.497 e. The molecule has 0 aromatic heterocycles. The fourth-order valence-electron chi connectivity index (χ4n) is 5.20. The molecule has 6 nitrogen and oxygen atoms in total. The normalized spacial score (nSPS) is 15.0. The molecule has 2 atom stereocenters. The fourth-order valence-corrected chi connectivity index (χ4v) is 5.20. The highest BCUT2D eigenvalue weighted by Crippen LogP contribution is 2.45. The van der Waals surface area contributed by atoms with Crippen LogP contribution in [-0.2, 0) is 16.1 Å². The number of hydrogen-bond donors (Lipinski definition) is 2. The zero-order valence-electron chi connectivity index (χ0n) is 22.9. The molecule has 0 spiro atoms. The molecule has 0 heterocycles. The summed E-state index contributed by atoms with van der Waals surface area (Å²) < 4.78 is 32.4. The molecule has 1 aliphatic carbocycles. The summed E-state index contributed by atoms with van der Waals surface area (Å²) in [5, 5.41) is 19.5. The molecule has 0 aliphatic heterocycles. The van der Waals surface area contributed by atoms with Crippen LogP contribution in [0.1, 0.15) is 61.8 Å². The van der Waals surface area contributed by atoms with Crippen molar-refractivity contribution in [1.82, 2.24) is 0 Å². The second kappa shape index (κ2) is 12.2. The first kappa shape index (κ1) is 28.6. The number of ether oxygens (including phenoxy) is 3. The summed E-state index contributed by atoms with van der Waals surface area (Å²) in [4.78, 5) is 11.4. The molecule has 7 heteroatoms. The topological polar surface area (TPSA) is 85.2 Å². The first-order valence-corrected chi connectivity index (χ1v) is 13.2. The van der Waals surface area contributed by atoms with E-state index in [0.717, 1.165) is 29.5 Å². The Morgan fingerprint density at radius 1 is 1.03 bits per heavy atom. The number of carboxylic acid groups (broad SMARTS) is 1. The minimum atomic E-state index is -0.795. The zero-order chi connectivity index (χ0) is 28.2. The highest BCUT2D eigenvalue weighted by Gasteiger charge is 2.34. The molecular weight excluding hydrogens is 499 g/mol. The van der Waals surface area contributed by atoms with Gasteiger partial charge >= 0.3 is 5.97 Å². The molecule has 0 amide bonds. The van der Waals surface area contributed by atoms with Gasteiger partial charge in [0.2, 0.25) is 0 Å². The number of aliphatic hydroxyl groups is 1. The highest BCUT2D eigenvalue weighted by atomic mass is 19.1. The van der Waals surface area contributed by atoms with Crippen molar-refractivity contribution in [1.29, 1.82) is 0 Å². The molecule has 3 aromatic rings. The van der Waals surface area contributed by atoms with E-state index >= 15 is 4.39 Å². The number of aliphatic hydroxyl groups excluding tert-OH is 1. The molecule has 1 fully saturated rings. The number of methoxy groups -OCH3 is 2. The van der Waals surface area contributed by atoms with Crippen molar-refractivity contribution < 1.29 is 33.6 Å². The van der Waals surface area contributed by atoms with Gasteiger partial charge in [-0.3, -0.25) is 4.79 Å². The monoisotopic (exact) mass is 536 g/mol. The minimum absolute atomic E-state index is 0.0159. The molecule has 2 N–H and O–H groups in total. The van der Waals surface area contributed by atoms with E-state index in [1.54, 1.807) is 19.2 Å². The van der Waals surface area contributed by atoms with E-state index in [-0.39, 0.29) is 31.4 Å². The second-order valence-corrected chi connectivity index (χ2v) is 10.9. The lowest BCUT2D eigenvalue weighted by Gasteiger charge is -2.33. The number of carboxylic acids is 1. The Bertz CT molecular complexity index is 1300. The lowest BCUT2D eigenvalue weighted by molar-refractivity contribution is -0.137. The van der Waals surface area contributed by atoms with Gasteiger partial charge in [-0.2, -0.15) is 0 Å². The number of hydrogen-bond acceptors (Lipinski definition) is 5. The molecule has 0 saturated heterocycles. The summed E-state index contributed by atoms with van der Waals surface area (Å²) in [6.45, 7) is 3.92. The van der Waals surface area contributed by atoms with Gasteiger partial charge in [-0.25, -0.2) is 4.39 Å². The maximum atomic E-state index is 15.0. The zero-order valence-corrected chi connectivity index (χ0v) is 22.9. The Morgan fingerprint density at radius 3 is 2.44 bits per heavy atom. The largest absolute Gasteiger partial charge is 0.497 e. The summed E-state index contributed by atoms with van der Waals surface area (Å²) >= 11 is 0. The number of aliphatic carboxylic acids is 1. The summed E-state index contributed by atoms with van der Waals surface area (Å²) in [5.41, 5.74) is 2.94. The summed E-state index contributed by atoms with van der Waals surface area (Å²) in [5.74, 6) is 0.402. The van der Waals surface area contributed by atoms with Crippen LogP contribution in [0.25, 0.3) is 11.1 Å². The molecule has 208 valence electrons. The van der Waals surface area contributed by atoms with Crippen LogP contribution < -0.4 is 9.47 Å². The molecule has 1 unspecified atom stereocenters. The Labute approximate surface area is 229 Å². The van der Waals surface area contributed by atoms with Crippen molar-refractivity contribution in [3.63, 3.8) is 0 Å². The van der Waals surface area contributed by atoms with E-state index in [4.69, 9.17) is 14.2 Å². The van der Waals surface area contributed by atoms with Crippen LogP contribution in [0.4, 0.5) is 4.39 Å². The molecular formula is C32H37FO6. The van der Waals surface area contributed by atoms with Crippen molar-refractivity contribution in [3.8, 4) is 22.6 Å². The quantitative estimate of drug-likeness (QED) is 0.251. The van der Waals surface area contributed by atoms with Crippen LogP contribution in [0, 0.1) is 17.2 Å². The standard InChI is InChI=1S/C32H37FO6/c1-32(2,19-34)31(38-4)28-14-20(8-12-25(28)27-16-23(37-3)11-13-29(27)33)18-39-24-7-5-6-22(15-24)26(17-30(35)36)21-9-10-21/h5-8,11-16,21,26,31,34H,9-10,17-19H2,1-4H3,(H,35,36)/t26?,31-/m0/s1. The van der Waals surface area contributed by atoms with Crippen molar-refractivity contribution in [2.75, 3.05) is 20.8 Å².